The third-order valence-electron chi connectivity index (χ3n) is 3.29. The van der Waals surface area contributed by atoms with Gasteiger partial charge >= 0.3 is 0 Å². The van der Waals surface area contributed by atoms with Crippen molar-refractivity contribution in [2.75, 3.05) is 13.2 Å². The van der Waals surface area contributed by atoms with Crippen LogP contribution in [0.3, 0.4) is 0 Å². The highest BCUT2D eigenvalue weighted by atomic mass is 127. The number of rotatable bonds is 3. The molecule has 0 fully saturated rings. The molecule has 0 bridgehead atoms. The smallest absolute Gasteiger partial charge is 0.120 e. The predicted molar refractivity (Wildman–Crippen MR) is 83.5 cm³/mol. The van der Waals surface area contributed by atoms with E-state index in [9.17, 15) is 0 Å². The molecule has 3 heteroatoms. The van der Waals surface area contributed by atoms with Gasteiger partial charge in [0.15, 0.2) is 0 Å². The highest BCUT2D eigenvalue weighted by Gasteiger charge is 2.20. The Morgan fingerprint density at radius 1 is 1.16 bits per heavy atom. The molecule has 0 saturated heterocycles. The van der Waals surface area contributed by atoms with Crippen molar-refractivity contribution >= 4 is 22.6 Å². The molecule has 1 heterocycles. The molecule has 1 aliphatic heterocycles. The summed E-state index contributed by atoms with van der Waals surface area (Å²) in [6.07, 6.45) is 1.04. The minimum atomic E-state index is 0.0443. The lowest BCUT2D eigenvalue weighted by Gasteiger charge is -2.26. The molecule has 3 rings (SSSR count). The first kappa shape index (κ1) is 12.9. The third kappa shape index (κ3) is 3.09. The molecule has 2 nitrogen and oxygen atoms in total. The lowest BCUT2D eigenvalue weighted by atomic mass is 9.98. The Kier molecular flexibility index (Phi) is 4.03. The fourth-order valence-corrected chi connectivity index (χ4v) is 2.86. The predicted octanol–water partition coefficient (Wildman–Crippen LogP) is 3.98. The molecule has 0 aromatic heterocycles. The average molecular weight is 366 g/mol. The van der Waals surface area contributed by atoms with Crippen LogP contribution in [0.15, 0.2) is 48.5 Å². The first-order valence-corrected chi connectivity index (χ1v) is 7.48. The Hall–Kier alpha value is -1.07. The van der Waals surface area contributed by atoms with Gasteiger partial charge in [-0.25, -0.2) is 0 Å². The molecule has 0 spiro atoms. The number of halogens is 1. The quantitative estimate of drug-likeness (QED) is 0.765. The van der Waals surface area contributed by atoms with E-state index in [1.807, 2.05) is 18.2 Å². The molecule has 98 valence electrons. The molecular formula is C16H15IO2. The van der Waals surface area contributed by atoms with Crippen molar-refractivity contribution in [3.8, 4) is 5.75 Å². The van der Waals surface area contributed by atoms with Gasteiger partial charge in [0.1, 0.15) is 18.5 Å². The maximum atomic E-state index is 5.85. The number of fused-ring (bicyclic) bond motifs is 1. The molecule has 1 aliphatic rings. The van der Waals surface area contributed by atoms with Gasteiger partial charge in [-0.3, -0.25) is 0 Å². The van der Waals surface area contributed by atoms with Gasteiger partial charge in [0.25, 0.3) is 0 Å². The van der Waals surface area contributed by atoms with Crippen LogP contribution in [0, 0.1) is 3.57 Å². The van der Waals surface area contributed by atoms with Crippen molar-refractivity contribution in [3.05, 3.63) is 63.2 Å². The molecule has 2 aromatic rings. The van der Waals surface area contributed by atoms with Crippen LogP contribution in [0.1, 0.15) is 17.2 Å². The number of hydrogen-bond acceptors (Lipinski definition) is 2. The fraction of sp³-hybridized carbons (Fsp3) is 0.250. The zero-order chi connectivity index (χ0) is 13.1. The zero-order valence-electron chi connectivity index (χ0n) is 10.5. The van der Waals surface area contributed by atoms with Gasteiger partial charge in [0.2, 0.25) is 0 Å². The van der Waals surface area contributed by atoms with Crippen LogP contribution >= 0.6 is 22.6 Å². The summed E-state index contributed by atoms with van der Waals surface area (Å²) in [6, 6.07) is 16.5. The first-order valence-electron chi connectivity index (χ1n) is 6.41. The molecule has 0 aliphatic carbocycles. The summed E-state index contributed by atoms with van der Waals surface area (Å²) in [6.45, 7) is 1.34. The lowest BCUT2D eigenvalue weighted by molar-refractivity contribution is 0.0102. The highest BCUT2D eigenvalue weighted by Crippen LogP contribution is 2.27. The molecule has 0 radical (unpaired) electrons. The molecule has 1 atom stereocenters. The largest absolute Gasteiger partial charge is 0.490 e. The van der Waals surface area contributed by atoms with Crippen LogP contribution in [0.25, 0.3) is 0 Å². The van der Waals surface area contributed by atoms with Crippen LogP contribution in [-0.2, 0) is 11.2 Å². The summed E-state index contributed by atoms with van der Waals surface area (Å²) in [5.74, 6) is 0.901. The Labute approximate surface area is 126 Å². The normalized spacial score (nSPS) is 17.8. The van der Waals surface area contributed by atoms with Crippen LogP contribution in [0.4, 0.5) is 0 Å². The number of benzene rings is 2. The van der Waals surface area contributed by atoms with Gasteiger partial charge in [-0.1, -0.05) is 30.3 Å². The monoisotopic (exact) mass is 366 g/mol. The van der Waals surface area contributed by atoms with E-state index < -0.39 is 0 Å². The minimum Gasteiger partial charge on any atom is -0.490 e. The van der Waals surface area contributed by atoms with Gasteiger partial charge in [0, 0.05) is 3.57 Å². The third-order valence-corrected chi connectivity index (χ3v) is 3.96. The molecule has 19 heavy (non-hydrogen) atoms. The van der Waals surface area contributed by atoms with E-state index in [1.165, 1.54) is 14.7 Å². The minimum absolute atomic E-state index is 0.0443. The SMILES string of the molecule is Ic1cccc(OCC2OCCc3ccccc32)c1. The Morgan fingerprint density at radius 3 is 2.95 bits per heavy atom. The van der Waals surface area contributed by atoms with Crippen molar-refractivity contribution in [3.63, 3.8) is 0 Å². The van der Waals surface area contributed by atoms with Crippen molar-refractivity contribution in [1.82, 2.24) is 0 Å². The second-order valence-electron chi connectivity index (χ2n) is 4.58. The second-order valence-corrected chi connectivity index (χ2v) is 5.82. The molecule has 0 N–H and O–H groups in total. The average Bonchev–Trinajstić information content (AvgIpc) is 2.45. The van der Waals surface area contributed by atoms with Crippen molar-refractivity contribution in [2.24, 2.45) is 0 Å². The van der Waals surface area contributed by atoms with E-state index in [-0.39, 0.29) is 6.10 Å². The van der Waals surface area contributed by atoms with Crippen LogP contribution < -0.4 is 4.74 Å². The van der Waals surface area contributed by atoms with Gasteiger partial charge in [-0.05, 0) is 58.3 Å². The summed E-state index contributed by atoms with van der Waals surface area (Å²) >= 11 is 2.29. The summed E-state index contributed by atoms with van der Waals surface area (Å²) in [5, 5.41) is 0. The molecule has 0 saturated carbocycles. The van der Waals surface area contributed by atoms with E-state index in [0.29, 0.717) is 6.61 Å². The first-order chi connectivity index (χ1) is 9.33. The van der Waals surface area contributed by atoms with Crippen molar-refractivity contribution in [2.45, 2.75) is 12.5 Å². The van der Waals surface area contributed by atoms with Gasteiger partial charge in [-0.2, -0.15) is 0 Å². The topological polar surface area (TPSA) is 18.5 Å². The fourth-order valence-electron chi connectivity index (χ4n) is 2.34. The van der Waals surface area contributed by atoms with Crippen LogP contribution in [0.2, 0.25) is 0 Å². The van der Waals surface area contributed by atoms with E-state index in [0.717, 1.165) is 18.8 Å². The maximum absolute atomic E-state index is 5.85. The van der Waals surface area contributed by atoms with E-state index >= 15 is 0 Å². The number of hydrogen-bond donors (Lipinski definition) is 0. The molecular weight excluding hydrogens is 351 g/mol. The maximum Gasteiger partial charge on any atom is 0.120 e. The summed E-state index contributed by atoms with van der Waals surface area (Å²) in [7, 11) is 0. The highest BCUT2D eigenvalue weighted by molar-refractivity contribution is 14.1. The van der Waals surface area contributed by atoms with E-state index in [4.69, 9.17) is 9.47 Å². The lowest BCUT2D eigenvalue weighted by Crippen LogP contribution is -2.21. The summed E-state index contributed by atoms with van der Waals surface area (Å²) in [4.78, 5) is 0. The Morgan fingerprint density at radius 2 is 2.05 bits per heavy atom. The molecule has 1 unspecified atom stereocenters. The zero-order valence-corrected chi connectivity index (χ0v) is 12.7. The second kappa shape index (κ2) is 5.92. The van der Waals surface area contributed by atoms with Crippen LogP contribution in [0.5, 0.6) is 5.75 Å². The van der Waals surface area contributed by atoms with Crippen molar-refractivity contribution < 1.29 is 9.47 Å². The molecule has 2 aromatic carbocycles. The standard InChI is InChI=1S/C16H15IO2/c17-13-5-3-6-14(10-13)19-11-16-15-7-2-1-4-12(15)8-9-18-16/h1-7,10,16H,8-9,11H2. The van der Waals surface area contributed by atoms with E-state index in [2.05, 4.69) is 52.9 Å². The van der Waals surface area contributed by atoms with Gasteiger partial charge < -0.3 is 9.47 Å². The van der Waals surface area contributed by atoms with Crippen molar-refractivity contribution in [1.29, 1.82) is 0 Å². The summed E-state index contributed by atoms with van der Waals surface area (Å²) in [5.41, 5.74) is 2.64. The number of ether oxygens (including phenoxy) is 2. The van der Waals surface area contributed by atoms with E-state index in [1.54, 1.807) is 0 Å². The van der Waals surface area contributed by atoms with Gasteiger partial charge in [-0.15, -0.1) is 0 Å². The van der Waals surface area contributed by atoms with Gasteiger partial charge in [0.05, 0.1) is 6.61 Å². The Bertz CT molecular complexity index is 568. The van der Waals surface area contributed by atoms with Crippen LogP contribution in [-0.4, -0.2) is 13.2 Å². The Balaban J connectivity index is 1.71. The summed E-state index contributed by atoms with van der Waals surface area (Å²) < 4.78 is 12.9. The molecule has 0 amide bonds.